The summed E-state index contributed by atoms with van der Waals surface area (Å²) in [7, 11) is 0. The summed E-state index contributed by atoms with van der Waals surface area (Å²) in [5, 5.41) is 3.58. The molecule has 82 valence electrons. The second kappa shape index (κ2) is 5.29. The van der Waals surface area contributed by atoms with Crippen LogP contribution in [0.4, 0.5) is 0 Å². The molecule has 3 N–H and O–H groups in total. The zero-order valence-electron chi connectivity index (χ0n) is 9.15. The number of hydrogen-bond donors (Lipinski definition) is 2. The van der Waals surface area contributed by atoms with Gasteiger partial charge in [-0.15, -0.1) is 0 Å². The molecule has 2 unspecified atom stereocenters. The van der Waals surface area contributed by atoms with E-state index in [2.05, 4.69) is 35.6 Å². The lowest BCUT2D eigenvalue weighted by Crippen LogP contribution is -2.19. The van der Waals surface area contributed by atoms with Gasteiger partial charge in [-0.05, 0) is 37.9 Å². The maximum absolute atomic E-state index is 5.45. The summed E-state index contributed by atoms with van der Waals surface area (Å²) in [5.74, 6) is 0.754. The van der Waals surface area contributed by atoms with Gasteiger partial charge in [0.2, 0.25) is 0 Å². The molecule has 1 fully saturated rings. The van der Waals surface area contributed by atoms with E-state index < -0.39 is 0 Å². The molecule has 1 aromatic rings. The van der Waals surface area contributed by atoms with Gasteiger partial charge in [0, 0.05) is 12.0 Å². The maximum Gasteiger partial charge on any atom is 0.0143 e. The fourth-order valence-corrected chi connectivity index (χ4v) is 2.05. The highest BCUT2D eigenvalue weighted by Crippen LogP contribution is 2.40. The molecule has 0 radical (unpaired) electrons. The molecule has 2 nitrogen and oxygen atoms in total. The molecule has 0 spiro atoms. The number of nitrogens with two attached hydrogens (primary N) is 1. The molecule has 0 heterocycles. The lowest BCUT2D eigenvalue weighted by atomic mass is 10.1. The zero-order valence-corrected chi connectivity index (χ0v) is 9.15. The highest BCUT2D eigenvalue weighted by molar-refractivity contribution is 5.27. The van der Waals surface area contributed by atoms with Crippen LogP contribution in [0.1, 0.15) is 30.7 Å². The van der Waals surface area contributed by atoms with E-state index in [1.807, 2.05) is 0 Å². The van der Waals surface area contributed by atoms with Crippen LogP contribution in [-0.4, -0.2) is 19.1 Å². The van der Waals surface area contributed by atoms with E-state index in [9.17, 15) is 0 Å². The molecule has 0 amide bonds. The van der Waals surface area contributed by atoms with Crippen molar-refractivity contribution in [1.82, 2.24) is 5.32 Å². The van der Waals surface area contributed by atoms with Gasteiger partial charge < -0.3 is 11.1 Å². The van der Waals surface area contributed by atoms with Crippen molar-refractivity contribution in [2.24, 2.45) is 5.73 Å². The summed E-state index contributed by atoms with van der Waals surface area (Å²) in [5.41, 5.74) is 6.93. The van der Waals surface area contributed by atoms with E-state index in [4.69, 9.17) is 5.73 Å². The second-order valence-electron chi connectivity index (χ2n) is 4.31. The van der Waals surface area contributed by atoms with Crippen molar-refractivity contribution in [3.63, 3.8) is 0 Å². The van der Waals surface area contributed by atoms with Crippen LogP contribution in [-0.2, 0) is 0 Å². The van der Waals surface area contributed by atoms with Crippen molar-refractivity contribution >= 4 is 0 Å². The number of nitrogens with one attached hydrogen (secondary N) is 1. The number of unbranched alkanes of at least 4 members (excludes halogenated alkanes) is 1. The second-order valence-corrected chi connectivity index (χ2v) is 4.31. The average Bonchev–Trinajstić information content (AvgIpc) is 3.05. The summed E-state index contributed by atoms with van der Waals surface area (Å²) in [6.45, 7) is 1.93. The monoisotopic (exact) mass is 204 g/mol. The Hall–Kier alpha value is -0.860. The van der Waals surface area contributed by atoms with Gasteiger partial charge in [0.1, 0.15) is 0 Å². The predicted octanol–water partition coefficient (Wildman–Crippen LogP) is 1.87. The van der Waals surface area contributed by atoms with Crippen LogP contribution in [0.3, 0.4) is 0 Å². The van der Waals surface area contributed by atoms with Crippen molar-refractivity contribution in [3.8, 4) is 0 Å². The smallest absolute Gasteiger partial charge is 0.0143 e. The summed E-state index contributed by atoms with van der Waals surface area (Å²) < 4.78 is 0. The Labute approximate surface area is 91.9 Å². The zero-order chi connectivity index (χ0) is 10.5. The quantitative estimate of drug-likeness (QED) is 0.694. The third kappa shape index (κ3) is 3.05. The summed E-state index contributed by atoms with van der Waals surface area (Å²) in [4.78, 5) is 0. The standard InChI is InChI=1S/C13H20N2/c14-8-4-5-9-15-13-10-12(13)11-6-2-1-3-7-11/h1-3,6-7,12-13,15H,4-5,8-10,14H2. The third-order valence-electron chi connectivity index (χ3n) is 3.06. The van der Waals surface area contributed by atoms with Crippen molar-refractivity contribution in [2.75, 3.05) is 13.1 Å². The van der Waals surface area contributed by atoms with E-state index in [-0.39, 0.29) is 0 Å². The minimum absolute atomic E-state index is 0.713. The number of hydrogen-bond acceptors (Lipinski definition) is 2. The first-order chi connectivity index (χ1) is 7.42. The summed E-state index contributed by atoms with van der Waals surface area (Å²) >= 11 is 0. The predicted molar refractivity (Wildman–Crippen MR) is 63.9 cm³/mol. The Morgan fingerprint density at radius 1 is 1.20 bits per heavy atom. The van der Waals surface area contributed by atoms with Gasteiger partial charge in [-0.1, -0.05) is 30.3 Å². The molecule has 2 rings (SSSR count). The van der Waals surface area contributed by atoms with Crippen LogP contribution < -0.4 is 11.1 Å². The molecule has 2 atom stereocenters. The molecule has 1 aliphatic rings. The third-order valence-corrected chi connectivity index (χ3v) is 3.06. The lowest BCUT2D eigenvalue weighted by Gasteiger charge is -2.03. The van der Waals surface area contributed by atoms with Gasteiger partial charge >= 0.3 is 0 Å². The summed E-state index contributed by atoms with van der Waals surface area (Å²) in [6.07, 6.45) is 3.64. The van der Waals surface area contributed by atoms with Gasteiger partial charge in [0.05, 0.1) is 0 Å². The molecular weight excluding hydrogens is 184 g/mol. The van der Waals surface area contributed by atoms with E-state index >= 15 is 0 Å². The van der Waals surface area contributed by atoms with Crippen LogP contribution in [0.5, 0.6) is 0 Å². The number of benzene rings is 1. The van der Waals surface area contributed by atoms with Gasteiger partial charge in [0.15, 0.2) is 0 Å². The molecule has 15 heavy (non-hydrogen) atoms. The van der Waals surface area contributed by atoms with Crippen LogP contribution in [0.15, 0.2) is 30.3 Å². The maximum atomic E-state index is 5.45. The Balaban J connectivity index is 1.68. The SMILES string of the molecule is NCCCCNC1CC1c1ccccc1. The minimum Gasteiger partial charge on any atom is -0.330 e. The Bertz CT molecular complexity index is 284. The molecule has 1 aliphatic carbocycles. The highest BCUT2D eigenvalue weighted by atomic mass is 15.0. The van der Waals surface area contributed by atoms with Crippen molar-refractivity contribution in [1.29, 1.82) is 0 Å². The molecule has 0 bridgehead atoms. The first-order valence-electron chi connectivity index (χ1n) is 5.90. The Morgan fingerprint density at radius 2 is 2.00 bits per heavy atom. The van der Waals surface area contributed by atoms with E-state index in [0.29, 0.717) is 6.04 Å². The highest BCUT2D eigenvalue weighted by Gasteiger charge is 2.37. The molecule has 1 saturated carbocycles. The first-order valence-corrected chi connectivity index (χ1v) is 5.90. The Morgan fingerprint density at radius 3 is 2.73 bits per heavy atom. The topological polar surface area (TPSA) is 38.0 Å². The average molecular weight is 204 g/mol. The van der Waals surface area contributed by atoms with Crippen molar-refractivity contribution < 1.29 is 0 Å². The molecule has 2 heteroatoms. The first kappa shape index (κ1) is 10.7. The normalized spacial score (nSPS) is 24.1. The van der Waals surface area contributed by atoms with Gasteiger partial charge in [0.25, 0.3) is 0 Å². The fourth-order valence-electron chi connectivity index (χ4n) is 2.05. The molecule has 1 aromatic carbocycles. The lowest BCUT2D eigenvalue weighted by molar-refractivity contribution is 0.616. The van der Waals surface area contributed by atoms with E-state index in [0.717, 1.165) is 25.4 Å². The van der Waals surface area contributed by atoms with Crippen LogP contribution in [0.25, 0.3) is 0 Å². The van der Waals surface area contributed by atoms with Gasteiger partial charge in [-0.2, -0.15) is 0 Å². The van der Waals surface area contributed by atoms with Crippen molar-refractivity contribution in [2.45, 2.75) is 31.2 Å². The van der Waals surface area contributed by atoms with Gasteiger partial charge in [-0.3, -0.25) is 0 Å². The van der Waals surface area contributed by atoms with Crippen LogP contribution >= 0.6 is 0 Å². The number of rotatable bonds is 6. The molecule has 0 aromatic heterocycles. The molecular formula is C13H20N2. The van der Waals surface area contributed by atoms with Crippen LogP contribution in [0.2, 0.25) is 0 Å². The molecule has 0 aliphatic heterocycles. The van der Waals surface area contributed by atoms with Crippen LogP contribution in [0, 0.1) is 0 Å². The van der Waals surface area contributed by atoms with Gasteiger partial charge in [-0.25, -0.2) is 0 Å². The largest absolute Gasteiger partial charge is 0.330 e. The van der Waals surface area contributed by atoms with E-state index in [1.165, 1.54) is 18.4 Å². The van der Waals surface area contributed by atoms with E-state index in [1.54, 1.807) is 0 Å². The minimum atomic E-state index is 0.713. The summed E-state index contributed by atoms with van der Waals surface area (Å²) in [6, 6.07) is 11.5. The van der Waals surface area contributed by atoms with Crippen molar-refractivity contribution in [3.05, 3.63) is 35.9 Å². The molecule has 0 saturated heterocycles. The fraction of sp³-hybridized carbons (Fsp3) is 0.538. The Kier molecular flexibility index (Phi) is 3.75.